The number of rotatable bonds is 6. The summed E-state index contributed by atoms with van der Waals surface area (Å²) in [5.74, 6) is 0. The van der Waals surface area contributed by atoms with Crippen molar-refractivity contribution >= 4 is 91.9 Å². The lowest BCUT2D eigenvalue weighted by Crippen LogP contribution is -2.10. The van der Waals surface area contributed by atoms with Gasteiger partial charge < -0.3 is 9.47 Å². The molecule has 0 atom stereocenters. The molecule has 10 aromatic carbocycles. The molecule has 0 amide bonds. The number of hydrogen-bond donors (Lipinski definition) is 0. The number of fused-ring (bicyclic) bond motifs is 9. The van der Waals surface area contributed by atoms with Crippen LogP contribution in [-0.2, 0) is 0 Å². The first-order valence-corrected chi connectivity index (χ1v) is 21.0. The molecule has 0 aliphatic heterocycles. The first-order chi connectivity index (χ1) is 29.3. The van der Waals surface area contributed by atoms with Crippen LogP contribution in [0.4, 0.5) is 17.1 Å². The van der Waals surface area contributed by atoms with E-state index in [0.29, 0.717) is 0 Å². The van der Waals surface area contributed by atoms with Gasteiger partial charge in [0, 0.05) is 53.3 Å². The Kier molecular flexibility index (Phi) is 7.75. The molecular weight excluding hydrogens is 733 g/mol. The molecule has 3 heteroatoms. The summed E-state index contributed by atoms with van der Waals surface area (Å²) in [7, 11) is 0. The van der Waals surface area contributed by atoms with E-state index < -0.39 is 0 Å². The normalized spacial score (nSPS) is 11.7. The molecule has 12 rings (SSSR count). The second-order valence-electron chi connectivity index (χ2n) is 15.3. The highest BCUT2D eigenvalue weighted by Crippen LogP contribution is 2.45. The molecule has 0 bridgehead atoms. The SMILES string of the molecule is c1ccc(-n2c3ccccc3c3ccccc32)c(-c2ccc(N(c3ccc(-c4cccc5c4sc4ccccc45)cc3)c3cc4ccccc4c4ccccc34)cc2)c1. The van der Waals surface area contributed by atoms with Crippen molar-refractivity contribution in [1.82, 2.24) is 4.57 Å². The van der Waals surface area contributed by atoms with Crippen molar-refractivity contribution in [2.75, 3.05) is 4.90 Å². The molecule has 0 aliphatic rings. The van der Waals surface area contributed by atoms with Gasteiger partial charge in [-0.05, 0) is 87.4 Å². The van der Waals surface area contributed by atoms with Crippen molar-refractivity contribution in [2.45, 2.75) is 0 Å². The Morgan fingerprint density at radius 1 is 0.356 bits per heavy atom. The van der Waals surface area contributed by atoms with Gasteiger partial charge in [0.05, 0.1) is 22.4 Å². The minimum absolute atomic E-state index is 1.10. The fraction of sp³-hybridized carbons (Fsp3) is 0. The van der Waals surface area contributed by atoms with Gasteiger partial charge in [0.1, 0.15) is 0 Å². The van der Waals surface area contributed by atoms with Crippen LogP contribution in [0.15, 0.2) is 218 Å². The summed E-state index contributed by atoms with van der Waals surface area (Å²) in [4.78, 5) is 2.43. The van der Waals surface area contributed by atoms with Crippen molar-refractivity contribution in [1.29, 1.82) is 0 Å². The molecule has 2 heterocycles. The van der Waals surface area contributed by atoms with Crippen LogP contribution in [0.5, 0.6) is 0 Å². The van der Waals surface area contributed by atoms with Gasteiger partial charge in [-0.25, -0.2) is 0 Å². The number of para-hydroxylation sites is 3. The van der Waals surface area contributed by atoms with Crippen molar-refractivity contribution in [3.05, 3.63) is 218 Å². The zero-order chi connectivity index (χ0) is 38.9. The van der Waals surface area contributed by atoms with Gasteiger partial charge in [-0.2, -0.15) is 0 Å². The van der Waals surface area contributed by atoms with Crippen LogP contribution in [0, 0.1) is 0 Å². The van der Waals surface area contributed by atoms with Gasteiger partial charge in [-0.1, -0.05) is 164 Å². The molecule has 12 aromatic rings. The number of thiophene rings is 1. The minimum Gasteiger partial charge on any atom is -0.310 e. The van der Waals surface area contributed by atoms with Gasteiger partial charge in [0.25, 0.3) is 0 Å². The smallest absolute Gasteiger partial charge is 0.0546 e. The highest BCUT2D eigenvalue weighted by atomic mass is 32.1. The molecular formula is C56H36N2S. The quantitative estimate of drug-likeness (QED) is 0.153. The lowest BCUT2D eigenvalue weighted by molar-refractivity contribution is 1.18. The second kappa shape index (κ2) is 13.6. The van der Waals surface area contributed by atoms with Crippen molar-refractivity contribution in [3.63, 3.8) is 0 Å². The molecule has 0 saturated heterocycles. The van der Waals surface area contributed by atoms with Gasteiger partial charge in [-0.15, -0.1) is 11.3 Å². The number of hydrogen-bond acceptors (Lipinski definition) is 2. The van der Waals surface area contributed by atoms with Crippen molar-refractivity contribution < 1.29 is 0 Å². The lowest BCUT2D eigenvalue weighted by Gasteiger charge is -2.28. The average Bonchev–Trinajstić information content (AvgIpc) is 3.86. The Balaban J connectivity index is 1.01. The molecule has 59 heavy (non-hydrogen) atoms. The van der Waals surface area contributed by atoms with Crippen LogP contribution in [0.3, 0.4) is 0 Å². The Morgan fingerprint density at radius 2 is 0.864 bits per heavy atom. The predicted molar refractivity (Wildman–Crippen MR) is 254 cm³/mol. The van der Waals surface area contributed by atoms with E-state index in [0.717, 1.165) is 17.1 Å². The summed E-state index contributed by atoms with van der Waals surface area (Å²) in [5, 5.41) is 10.1. The summed E-state index contributed by atoms with van der Waals surface area (Å²) < 4.78 is 5.07. The standard InChI is InChI=1S/C56H36N2S/c1-2-15-42-39(14-1)36-54(46-18-4-3-17-45(42)46)57(41-34-30-38(31-35-41)44-22-13-23-50-49-21-8-12-27-55(49)59-56(44)50)40-32-28-37(29-33-40)43-16-5-9-24-51(43)58-52-25-10-6-19-47(52)48-20-7-11-26-53(48)58/h1-36H. The van der Waals surface area contributed by atoms with E-state index in [1.165, 1.54) is 91.5 Å². The fourth-order valence-corrected chi connectivity index (χ4v) is 10.5. The average molecular weight is 769 g/mol. The van der Waals surface area contributed by atoms with Gasteiger partial charge in [0.2, 0.25) is 0 Å². The third kappa shape index (κ3) is 5.40. The van der Waals surface area contributed by atoms with E-state index in [4.69, 9.17) is 0 Å². The van der Waals surface area contributed by atoms with Gasteiger partial charge >= 0.3 is 0 Å². The topological polar surface area (TPSA) is 8.17 Å². The molecule has 0 radical (unpaired) electrons. The number of nitrogens with zero attached hydrogens (tertiary/aromatic N) is 2. The number of aromatic nitrogens is 1. The van der Waals surface area contributed by atoms with Crippen LogP contribution in [0.1, 0.15) is 0 Å². The Hall–Kier alpha value is -7.46. The Labute approximate surface area is 346 Å². The zero-order valence-corrected chi connectivity index (χ0v) is 32.9. The number of anilines is 3. The molecule has 0 aliphatic carbocycles. The molecule has 276 valence electrons. The molecule has 0 saturated carbocycles. The maximum Gasteiger partial charge on any atom is 0.0546 e. The third-order valence-electron chi connectivity index (χ3n) is 12.0. The Morgan fingerprint density at radius 3 is 1.58 bits per heavy atom. The summed E-state index contributed by atoms with van der Waals surface area (Å²) in [6.45, 7) is 0. The lowest BCUT2D eigenvalue weighted by atomic mass is 9.98. The fourth-order valence-electron chi connectivity index (χ4n) is 9.30. The Bertz CT molecular complexity index is 3500. The highest BCUT2D eigenvalue weighted by Gasteiger charge is 2.20. The molecule has 2 nitrogen and oxygen atoms in total. The summed E-state index contributed by atoms with van der Waals surface area (Å²) in [6.07, 6.45) is 0. The summed E-state index contributed by atoms with van der Waals surface area (Å²) in [5.41, 5.74) is 11.8. The highest BCUT2D eigenvalue weighted by molar-refractivity contribution is 7.26. The van der Waals surface area contributed by atoms with E-state index >= 15 is 0 Å². The monoisotopic (exact) mass is 768 g/mol. The van der Waals surface area contributed by atoms with Crippen LogP contribution in [0.25, 0.3) is 91.5 Å². The zero-order valence-electron chi connectivity index (χ0n) is 32.1. The van der Waals surface area contributed by atoms with E-state index in [2.05, 4.69) is 228 Å². The first-order valence-electron chi connectivity index (χ1n) is 20.2. The van der Waals surface area contributed by atoms with E-state index in [1.54, 1.807) is 0 Å². The predicted octanol–water partition coefficient (Wildman–Crippen LogP) is 16.3. The van der Waals surface area contributed by atoms with Crippen LogP contribution in [0.2, 0.25) is 0 Å². The molecule has 0 N–H and O–H groups in total. The van der Waals surface area contributed by atoms with Crippen molar-refractivity contribution in [2.24, 2.45) is 0 Å². The van der Waals surface area contributed by atoms with E-state index in [-0.39, 0.29) is 0 Å². The third-order valence-corrected chi connectivity index (χ3v) is 13.2. The molecule has 2 aromatic heterocycles. The summed E-state index contributed by atoms with van der Waals surface area (Å²) >= 11 is 1.88. The molecule has 0 spiro atoms. The minimum atomic E-state index is 1.10. The maximum atomic E-state index is 2.43. The second-order valence-corrected chi connectivity index (χ2v) is 16.3. The number of benzene rings is 10. The molecule has 0 unspecified atom stereocenters. The molecule has 0 fully saturated rings. The van der Waals surface area contributed by atoms with E-state index in [1.807, 2.05) is 11.3 Å². The summed E-state index contributed by atoms with van der Waals surface area (Å²) in [6, 6.07) is 79.9. The van der Waals surface area contributed by atoms with Crippen molar-refractivity contribution in [3.8, 4) is 27.9 Å². The first kappa shape index (κ1) is 33.7. The van der Waals surface area contributed by atoms with E-state index in [9.17, 15) is 0 Å². The largest absolute Gasteiger partial charge is 0.310 e. The van der Waals surface area contributed by atoms with Crippen LogP contribution < -0.4 is 4.90 Å². The van der Waals surface area contributed by atoms with Gasteiger partial charge in [0.15, 0.2) is 0 Å². The van der Waals surface area contributed by atoms with Crippen LogP contribution >= 0.6 is 11.3 Å². The van der Waals surface area contributed by atoms with Crippen LogP contribution in [-0.4, -0.2) is 4.57 Å². The maximum absolute atomic E-state index is 2.43. The van der Waals surface area contributed by atoms with Gasteiger partial charge in [-0.3, -0.25) is 0 Å².